The lowest BCUT2D eigenvalue weighted by molar-refractivity contribution is -0.164. The number of alkyl halides is 1. The van der Waals surface area contributed by atoms with Gasteiger partial charge < -0.3 is 9.47 Å². The van der Waals surface area contributed by atoms with Gasteiger partial charge in [-0.1, -0.05) is 51.8 Å². The van der Waals surface area contributed by atoms with Gasteiger partial charge in [-0.3, -0.25) is 4.98 Å². The van der Waals surface area contributed by atoms with E-state index in [0.29, 0.717) is 15.9 Å². The van der Waals surface area contributed by atoms with Gasteiger partial charge in [0, 0.05) is 21.5 Å². The molecule has 0 amide bonds. The largest absolute Gasteiger partial charge is 0.467 e. The summed E-state index contributed by atoms with van der Waals surface area (Å²) in [5.74, 6) is -0.465. The standard InChI is InChI=1S/C28H31BrClNO3/c1-16-8-9-20(14-17(16)2)25-18(3)23(19-10-12-21(30)13-11-19)24(22(15-29)31-25)26(27(32)33-7)34-28(4,5)6/h8-14,26H,15H2,1-7H3. The Balaban J connectivity index is 2.41. The molecule has 0 N–H and O–H groups in total. The first-order valence-corrected chi connectivity index (χ1v) is 12.6. The number of hydrogen-bond donors (Lipinski definition) is 0. The lowest BCUT2D eigenvalue weighted by Crippen LogP contribution is -2.29. The van der Waals surface area contributed by atoms with Crippen LogP contribution in [-0.4, -0.2) is 23.7 Å². The Kier molecular flexibility index (Phi) is 8.22. The molecule has 34 heavy (non-hydrogen) atoms. The number of aromatic nitrogens is 1. The number of hydrogen-bond acceptors (Lipinski definition) is 4. The third-order valence-corrected chi connectivity index (χ3v) is 6.53. The van der Waals surface area contributed by atoms with Gasteiger partial charge >= 0.3 is 5.97 Å². The minimum Gasteiger partial charge on any atom is -0.467 e. The Morgan fingerprint density at radius 1 is 1.03 bits per heavy atom. The van der Waals surface area contributed by atoms with Crippen LogP contribution >= 0.6 is 27.5 Å². The highest BCUT2D eigenvalue weighted by molar-refractivity contribution is 9.08. The molecule has 0 saturated heterocycles. The second kappa shape index (κ2) is 10.6. The third kappa shape index (κ3) is 5.70. The molecule has 2 aromatic carbocycles. The summed E-state index contributed by atoms with van der Waals surface area (Å²) < 4.78 is 11.5. The van der Waals surface area contributed by atoms with Crippen LogP contribution in [0.1, 0.15) is 54.8 Å². The van der Waals surface area contributed by atoms with Gasteiger partial charge in [0.05, 0.1) is 24.1 Å². The fraction of sp³-hybridized carbons (Fsp3) is 0.357. The molecule has 6 heteroatoms. The minimum atomic E-state index is -0.941. The molecule has 3 aromatic rings. The quantitative estimate of drug-likeness (QED) is 0.234. The molecule has 3 rings (SSSR count). The highest BCUT2D eigenvalue weighted by atomic mass is 79.9. The number of benzene rings is 2. The summed E-state index contributed by atoms with van der Waals surface area (Å²) in [5, 5.41) is 1.09. The number of esters is 1. The van der Waals surface area contributed by atoms with E-state index in [9.17, 15) is 4.79 Å². The molecule has 0 spiro atoms. The molecule has 4 nitrogen and oxygen atoms in total. The van der Waals surface area contributed by atoms with Crippen molar-refractivity contribution in [2.45, 2.75) is 58.6 Å². The summed E-state index contributed by atoms with van der Waals surface area (Å²) in [6, 6.07) is 14.0. The topological polar surface area (TPSA) is 48.4 Å². The van der Waals surface area contributed by atoms with Crippen LogP contribution in [0, 0.1) is 20.8 Å². The summed E-state index contributed by atoms with van der Waals surface area (Å²) in [7, 11) is 1.38. The van der Waals surface area contributed by atoms with Crippen LogP contribution in [-0.2, 0) is 19.6 Å². The molecule has 1 atom stereocenters. The smallest absolute Gasteiger partial charge is 0.339 e. The monoisotopic (exact) mass is 543 g/mol. The SMILES string of the molecule is COC(=O)C(OC(C)(C)C)c1c(CBr)nc(-c2ccc(C)c(C)c2)c(C)c1-c1ccc(Cl)cc1. The molecule has 0 bridgehead atoms. The lowest BCUT2D eigenvalue weighted by Gasteiger charge is -2.30. The predicted octanol–water partition coefficient (Wildman–Crippen LogP) is 7.92. The molecule has 1 unspecified atom stereocenters. The lowest BCUT2D eigenvalue weighted by atomic mass is 9.88. The molecule has 0 aliphatic rings. The van der Waals surface area contributed by atoms with Gasteiger partial charge in [0.25, 0.3) is 0 Å². The number of rotatable bonds is 6. The van der Waals surface area contributed by atoms with Crippen LogP contribution in [0.25, 0.3) is 22.4 Å². The van der Waals surface area contributed by atoms with E-state index in [2.05, 4.69) is 48.0 Å². The Morgan fingerprint density at radius 2 is 1.65 bits per heavy atom. The molecule has 0 saturated carbocycles. The minimum absolute atomic E-state index is 0.446. The Bertz CT molecular complexity index is 1200. The second-order valence-electron chi connectivity index (χ2n) is 9.39. The molecule has 1 heterocycles. The molecule has 0 fully saturated rings. The van der Waals surface area contributed by atoms with Crippen LogP contribution < -0.4 is 0 Å². The Labute approximate surface area is 215 Å². The van der Waals surface area contributed by atoms with Crippen molar-refractivity contribution >= 4 is 33.5 Å². The van der Waals surface area contributed by atoms with Gasteiger partial charge in [-0.25, -0.2) is 4.79 Å². The number of methoxy groups -OCH3 is 1. The van der Waals surface area contributed by atoms with Crippen molar-refractivity contribution in [1.82, 2.24) is 4.98 Å². The number of ether oxygens (including phenoxy) is 2. The van der Waals surface area contributed by atoms with Crippen LogP contribution in [0.5, 0.6) is 0 Å². The van der Waals surface area contributed by atoms with E-state index in [4.69, 9.17) is 26.1 Å². The summed E-state index contributed by atoms with van der Waals surface area (Å²) in [6.45, 7) is 12.0. The Hall–Kier alpha value is -2.21. The van der Waals surface area contributed by atoms with Gasteiger partial charge in [-0.05, 0) is 87.6 Å². The number of aryl methyl sites for hydroxylation is 2. The first kappa shape index (κ1) is 26.4. The first-order chi connectivity index (χ1) is 16.0. The maximum atomic E-state index is 13.0. The highest BCUT2D eigenvalue weighted by Gasteiger charge is 2.34. The maximum Gasteiger partial charge on any atom is 0.339 e. The number of pyridine rings is 1. The number of nitrogens with zero attached hydrogens (tertiary/aromatic N) is 1. The average molecular weight is 545 g/mol. The fourth-order valence-electron chi connectivity index (χ4n) is 3.97. The van der Waals surface area contributed by atoms with E-state index >= 15 is 0 Å². The van der Waals surface area contributed by atoms with E-state index in [1.54, 1.807) is 0 Å². The van der Waals surface area contributed by atoms with Gasteiger partial charge in [-0.2, -0.15) is 0 Å². The van der Waals surface area contributed by atoms with Crippen molar-refractivity contribution in [2.75, 3.05) is 7.11 Å². The zero-order valence-corrected chi connectivity index (χ0v) is 23.1. The molecule has 0 radical (unpaired) electrons. The van der Waals surface area contributed by atoms with E-state index < -0.39 is 17.7 Å². The highest BCUT2D eigenvalue weighted by Crippen LogP contribution is 2.41. The van der Waals surface area contributed by atoms with Crippen LogP contribution in [0.3, 0.4) is 0 Å². The normalized spacial score (nSPS) is 12.5. The molecular weight excluding hydrogens is 514 g/mol. The maximum absolute atomic E-state index is 13.0. The first-order valence-electron chi connectivity index (χ1n) is 11.2. The second-order valence-corrected chi connectivity index (χ2v) is 10.4. The van der Waals surface area contributed by atoms with E-state index in [0.717, 1.165) is 33.6 Å². The summed E-state index contributed by atoms with van der Waals surface area (Å²) >= 11 is 9.81. The number of carbonyl (C=O) groups is 1. The zero-order chi connectivity index (χ0) is 25.2. The van der Waals surface area contributed by atoms with Gasteiger partial charge in [0.1, 0.15) is 0 Å². The van der Waals surface area contributed by atoms with Crippen LogP contribution in [0.2, 0.25) is 5.02 Å². The number of halogens is 2. The van der Waals surface area contributed by atoms with Crippen molar-refractivity contribution in [1.29, 1.82) is 0 Å². The molecule has 0 aliphatic carbocycles. The van der Waals surface area contributed by atoms with Crippen molar-refractivity contribution in [3.05, 3.63) is 75.4 Å². The van der Waals surface area contributed by atoms with Crippen molar-refractivity contribution in [3.8, 4) is 22.4 Å². The van der Waals surface area contributed by atoms with Crippen LogP contribution in [0.15, 0.2) is 42.5 Å². The fourth-order valence-corrected chi connectivity index (χ4v) is 4.53. The van der Waals surface area contributed by atoms with Gasteiger partial charge in [-0.15, -0.1) is 0 Å². The van der Waals surface area contributed by atoms with Crippen molar-refractivity contribution in [3.63, 3.8) is 0 Å². The van der Waals surface area contributed by atoms with E-state index in [1.807, 2.05) is 52.0 Å². The third-order valence-electron chi connectivity index (χ3n) is 5.75. The average Bonchev–Trinajstić information content (AvgIpc) is 2.78. The zero-order valence-electron chi connectivity index (χ0n) is 20.8. The molecule has 180 valence electrons. The predicted molar refractivity (Wildman–Crippen MR) is 143 cm³/mol. The van der Waals surface area contributed by atoms with E-state index in [-0.39, 0.29) is 0 Å². The summed E-state index contributed by atoms with van der Waals surface area (Å²) in [6.07, 6.45) is -0.941. The van der Waals surface area contributed by atoms with Crippen molar-refractivity contribution in [2.24, 2.45) is 0 Å². The molecular formula is C28H31BrClNO3. The summed E-state index contributed by atoms with van der Waals surface area (Å²) in [4.78, 5) is 18.1. The molecule has 1 aromatic heterocycles. The van der Waals surface area contributed by atoms with Crippen molar-refractivity contribution < 1.29 is 14.3 Å². The van der Waals surface area contributed by atoms with Gasteiger partial charge in [0.2, 0.25) is 0 Å². The summed E-state index contributed by atoms with van der Waals surface area (Å²) in [5.41, 5.74) is 7.93. The number of carbonyl (C=O) groups excluding carboxylic acids is 1. The Morgan fingerprint density at radius 3 is 2.18 bits per heavy atom. The molecule has 0 aliphatic heterocycles. The van der Waals surface area contributed by atoms with Crippen LogP contribution in [0.4, 0.5) is 0 Å². The van der Waals surface area contributed by atoms with Gasteiger partial charge in [0.15, 0.2) is 6.10 Å². The van der Waals surface area contributed by atoms with E-state index in [1.165, 1.54) is 18.2 Å².